The van der Waals surface area contributed by atoms with Crippen LogP contribution in [0.2, 0.25) is 0 Å². The van der Waals surface area contributed by atoms with Crippen LogP contribution in [0.25, 0.3) is 11.8 Å². The highest BCUT2D eigenvalue weighted by Crippen LogP contribution is 2.54. The Morgan fingerprint density at radius 3 is 2.15 bits per heavy atom. The van der Waals surface area contributed by atoms with Gasteiger partial charge in [-0.05, 0) is 98.1 Å². The summed E-state index contributed by atoms with van der Waals surface area (Å²) < 4.78 is 19.1. The fraction of sp³-hybridized carbons (Fsp3) is 0.152. The molecule has 39 heavy (non-hydrogen) atoms. The first-order chi connectivity index (χ1) is 18.8. The van der Waals surface area contributed by atoms with Crippen LogP contribution in [0.1, 0.15) is 33.4 Å². The van der Waals surface area contributed by atoms with Crippen molar-refractivity contribution in [2.75, 3.05) is 7.11 Å². The van der Waals surface area contributed by atoms with Crippen molar-refractivity contribution in [2.45, 2.75) is 25.9 Å². The summed E-state index contributed by atoms with van der Waals surface area (Å²) in [5.41, 5.74) is 4.78. The van der Waals surface area contributed by atoms with Gasteiger partial charge in [-0.1, -0.05) is 12.1 Å². The quantitative estimate of drug-likeness (QED) is 0.275. The third kappa shape index (κ3) is 4.05. The van der Waals surface area contributed by atoms with Crippen LogP contribution in [0.5, 0.6) is 34.5 Å². The largest absolute Gasteiger partial charge is 0.508 e. The van der Waals surface area contributed by atoms with E-state index >= 15 is 0 Å². The van der Waals surface area contributed by atoms with Crippen molar-refractivity contribution in [2.24, 2.45) is 0 Å². The third-order valence-corrected chi connectivity index (χ3v) is 7.48. The van der Waals surface area contributed by atoms with Crippen molar-refractivity contribution in [3.63, 3.8) is 0 Å². The second-order valence-electron chi connectivity index (χ2n) is 9.91. The van der Waals surface area contributed by atoms with Crippen molar-refractivity contribution in [3.05, 3.63) is 118 Å². The van der Waals surface area contributed by atoms with E-state index in [1.165, 1.54) is 0 Å². The Bertz CT molecular complexity index is 1650. The van der Waals surface area contributed by atoms with E-state index in [1.807, 2.05) is 50.3 Å². The number of phenols is 3. The maximum atomic E-state index is 10.6. The van der Waals surface area contributed by atoms with Crippen molar-refractivity contribution >= 4 is 11.8 Å². The highest BCUT2D eigenvalue weighted by molar-refractivity contribution is 5.77. The minimum atomic E-state index is -1.08. The van der Waals surface area contributed by atoms with Gasteiger partial charge in [-0.3, -0.25) is 0 Å². The second-order valence-corrected chi connectivity index (χ2v) is 9.91. The van der Waals surface area contributed by atoms with E-state index in [2.05, 4.69) is 6.08 Å². The van der Waals surface area contributed by atoms with Gasteiger partial charge in [0.15, 0.2) is 5.60 Å². The first-order valence-electron chi connectivity index (χ1n) is 12.7. The molecule has 0 fully saturated rings. The molecule has 4 aromatic carbocycles. The third-order valence-electron chi connectivity index (χ3n) is 7.48. The molecule has 196 valence electrons. The molecular weight excluding hydrogens is 492 g/mol. The van der Waals surface area contributed by atoms with Gasteiger partial charge < -0.3 is 29.5 Å². The zero-order valence-corrected chi connectivity index (χ0v) is 21.9. The summed E-state index contributed by atoms with van der Waals surface area (Å²) in [6, 6.07) is 21.3. The van der Waals surface area contributed by atoms with Gasteiger partial charge in [-0.2, -0.15) is 0 Å². The van der Waals surface area contributed by atoms with E-state index in [9.17, 15) is 15.3 Å². The van der Waals surface area contributed by atoms with Crippen LogP contribution in [0.3, 0.4) is 0 Å². The minimum Gasteiger partial charge on any atom is -0.508 e. The molecule has 6 rings (SSSR count). The molecule has 6 nitrogen and oxygen atoms in total. The van der Waals surface area contributed by atoms with Crippen LogP contribution >= 0.6 is 0 Å². The number of benzene rings is 4. The predicted molar refractivity (Wildman–Crippen MR) is 149 cm³/mol. The molecule has 6 heteroatoms. The summed E-state index contributed by atoms with van der Waals surface area (Å²) in [6.45, 7) is 3.78. The van der Waals surface area contributed by atoms with Crippen molar-refractivity contribution in [3.8, 4) is 34.5 Å². The molecule has 0 aliphatic carbocycles. The van der Waals surface area contributed by atoms with Gasteiger partial charge in [-0.25, -0.2) is 0 Å². The molecule has 4 aromatic rings. The molecule has 2 aliphatic heterocycles. The van der Waals surface area contributed by atoms with Crippen molar-refractivity contribution in [1.82, 2.24) is 0 Å². The Morgan fingerprint density at radius 2 is 1.46 bits per heavy atom. The molecule has 2 heterocycles. The van der Waals surface area contributed by atoms with E-state index in [0.29, 0.717) is 29.2 Å². The molecule has 0 saturated carbocycles. The van der Waals surface area contributed by atoms with Crippen LogP contribution in [0, 0.1) is 13.8 Å². The van der Waals surface area contributed by atoms with Gasteiger partial charge in [0.2, 0.25) is 0 Å². The molecule has 0 bridgehead atoms. The molecule has 1 atom stereocenters. The summed E-state index contributed by atoms with van der Waals surface area (Å²) in [5, 5.41) is 30.4. The maximum absolute atomic E-state index is 10.6. The number of rotatable bonds is 4. The van der Waals surface area contributed by atoms with E-state index in [1.54, 1.807) is 49.6 Å². The normalized spacial score (nSPS) is 17.3. The Labute approximate surface area is 226 Å². The van der Waals surface area contributed by atoms with E-state index in [-0.39, 0.29) is 17.2 Å². The lowest BCUT2D eigenvalue weighted by molar-refractivity contribution is 0.141. The summed E-state index contributed by atoms with van der Waals surface area (Å²) in [6.07, 6.45) is 4.64. The minimum absolute atomic E-state index is 0.119. The van der Waals surface area contributed by atoms with E-state index in [4.69, 9.17) is 14.2 Å². The summed E-state index contributed by atoms with van der Waals surface area (Å²) in [7, 11) is 1.64. The molecule has 0 radical (unpaired) electrons. The maximum Gasteiger partial charge on any atom is 0.181 e. The lowest BCUT2D eigenvalue weighted by Gasteiger charge is -2.42. The molecule has 0 saturated heterocycles. The zero-order valence-electron chi connectivity index (χ0n) is 21.9. The molecular formula is C33H28O6. The molecule has 2 aliphatic rings. The molecule has 0 amide bonds. The average Bonchev–Trinajstić information content (AvgIpc) is 2.93. The SMILES string of the molecule is COc1ccc2c(c1C)OC1(C=C(c3ccc(O)cc3)Oc3c1ccc(O)c3C)C(Cc1ccc(O)cc1)=C2. The number of ether oxygens (including phenoxy) is 3. The summed E-state index contributed by atoms with van der Waals surface area (Å²) in [5.74, 6) is 2.94. The lowest BCUT2D eigenvalue weighted by atomic mass is 9.76. The smallest absolute Gasteiger partial charge is 0.181 e. The Hall–Kier alpha value is -4.84. The van der Waals surface area contributed by atoms with E-state index in [0.717, 1.165) is 39.1 Å². The van der Waals surface area contributed by atoms with Crippen molar-refractivity contribution in [1.29, 1.82) is 0 Å². The number of methoxy groups -OCH3 is 1. The van der Waals surface area contributed by atoms with Crippen LogP contribution in [0.4, 0.5) is 0 Å². The first-order valence-corrected chi connectivity index (χ1v) is 12.7. The lowest BCUT2D eigenvalue weighted by Crippen LogP contribution is -2.39. The number of hydrogen-bond acceptors (Lipinski definition) is 6. The number of fused-ring (bicyclic) bond motifs is 3. The fourth-order valence-electron chi connectivity index (χ4n) is 5.33. The van der Waals surface area contributed by atoms with E-state index < -0.39 is 5.60 Å². The number of phenolic OH excluding ortho intramolecular Hbond substituents is 3. The van der Waals surface area contributed by atoms with Gasteiger partial charge in [0.05, 0.1) is 7.11 Å². The summed E-state index contributed by atoms with van der Waals surface area (Å²) in [4.78, 5) is 0. The topological polar surface area (TPSA) is 88.4 Å². The number of hydrogen-bond donors (Lipinski definition) is 3. The fourth-order valence-corrected chi connectivity index (χ4v) is 5.33. The second kappa shape index (κ2) is 9.17. The highest BCUT2D eigenvalue weighted by atomic mass is 16.5. The Kier molecular flexibility index (Phi) is 5.76. The summed E-state index contributed by atoms with van der Waals surface area (Å²) >= 11 is 0. The highest BCUT2D eigenvalue weighted by Gasteiger charge is 2.46. The Balaban J connectivity index is 1.64. The average molecular weight is 521 g/mol. The molecule has 3 N–H and O–H groups in total. The van der Waals surface area contributed by atoms with Crippen LogP contribution in [-0.4, -0.2) is 22.4 Å². The number of aromatic hydroxyl groups is 3. The standard InChI is InChI=1S/C33H28O6/c1-19-28(36)14-13-27-32(19)38-30(22-6-11-26(35)12-7-22)18-33(27)24(16-21-4-9-25(34)10-5-21)17-23-8-15-29(37-3)20(2)31(23)39-33/h4-15,17-18,34-36H,16H2,1-3H3. The monoisotopic (exact) mass is 520 g/mol. The van der Waals surface area contributed by atoms with Gasteiger partial charge >= 0.3 is 0 Å². The predicted octanol–water partition coefficient (Wildman–Crippen LogP) is 6.78. The zero-order chi connectivity index (χ0) is 27.3. The Morgan fingerprint density at radius 1 is 0.769 bits per heavy atom. The van der Waals surface area contributed by atoms with Crippen LogP contribution in [0.15, 0.2) is 84.4 Å². The van der Waals surface area contributed by atoms with Crippen molar-refractivity contribution < 1.29 is 29.5 Å². The molecule has 0 aromatic heterocycles. The molecule has 1 unspecified atom stereocenters. The van der Waals surface area contributed by atoms with Gasteiger partial charge in [0, 0.05) is 33.9 Å². The van der Waals surface area contributed by atoms with Gasteiger partial charge in [-0.15, -0.1) is 0 Å². The van der Waals surface area contributed by atoms with Crippen LogP contribution in [-0.2, 0) is 12.0 Å². The molecule has 1 spiro atoms. The first kappa shape index (κ1) is 24.5. The van der Waals surface area contributed by atoms with Gasteiger partial charge in [0.25, 0.3) is 0 Å². The van der Waals surface area contributed by atoms with Crippen LogP contribution < -0.4 is 14.2 Å². The van der Waals surface area contributed by atoms with Gasteiger partial charge in [0.1, 0.15) is 40.3 Å².